The van der Waals surface area contributed by atoms with Gasteiger partial charge in [0.2, 0.25) is 5.91 Å². The largest absolute Gasteiger partial charge is 0.481 e. The van der Waals surface area contributed by atoms with Gasteiger partial charge in [-0.3, -0.25) is 19.2 Å². The van der Waals surface area contributed by atoms with Crippen LogP contribution in [0.25, 0.3) is 11.1 Å². The fraction of sp³-hybridized carbons (Fsp3) is 0.241. The van der Waals surface area contributed by atoms with Crippen molar-refractivity contribution in [1.29, 1.82) is 0 Å². The van der Waals surface area contributed by atoms with E-state index < -0.39 is 11.9 Å². The number of Topliss-reactive ketones (excluding diaryl/α,β-unsaturated/α-hetero) is 1. The van der Waals surface area contributed by atoms with Crippen LogP contribution in [0, 0.1) is 5.92 Å². The van der Waals surface area contributed by atoms with Gasteiger partial charge in [-0.15, -0.1) is 0 Å². The van der Waals surface area contributed by atoms with E-state index in [9.17, 15) is 24.3 Å². The summed E-state index contributed by atoms with van der Waals surface area (Å²) in [5.74, 6) is -3.02. The number of halogens is 1. The second-order valence-corrected chi connectivity index (χ2v) is 9.91. The Morgan fingerprint density at radius 3 is 1.81 bits per heavy atom. The molecule has 3 aromatic rings. The van der Waals surface area contributed by atoms with E-state index in [2.05, 4.69) is 15.9 Å². The summed E-state index contributed by atoms with van der Waals surface area (Å²) >= 11 is 3.41. The van der Waals surface area contributed by atoms with Crippen LogP contribution in [0.2, 0.25) is 0 Å². The number of hydrogen-bond donors (Lipinski definition) is 1. The van der Waals surface area contributed by atoms with Gasteiger partial charge in [-0.25, -0.2) is 0 Å². The zero-order valence-electron chi connectivity index (χ0n) is 20.2. The SMILES string of the molecule is O=C(CC(CC(=O)N1CCN(C(=O)c2ccccc2)CC1)C(=O)O)c1ccc(-c2ccc(Br)cc2)cc1. The Labute approximate surface area is 223 Å². The Kier molecular flexibility index (Phi) is 8.50. The van der Waals surface area contributed by atoms with E-state index in [4.69, 9.17) is 0 Å². The second kappa shape index (κ2) is 12.0. The Morgan fingerprint density at radius 1 is 0.703 bits per heavy atom. The van der Waals surface area contributed by atoms with Gasteiger partial charge >= 0.3 is 5.97 Å². The lowest BCUT2D eigenvalue weighted by Gasteiger charge is -2.35. The highest BCUT2D eigenvalue weighted by Crippen LogP contribution is 2.23. The number of aliphatic carboxylic acids is 1. The molecule has 1 atom stereocenters. The van der Waals surface area contributed by atoms with E-state index >= 15 is 0 Å². The Balaban J connectivity index is 1.32. The highest BCUT2D eigenvalue weighted by atomic mass is 79.9. The number of amides is 2. The minimum absolute atomic E-state index is 0.0899. The van der Waals surface area contributed by atoms with Crippen molar-refractivity contribution in [2.24, 2.45) is 5.92 Å². The van der Waals surface area contributed by atoms with E-state index in [1.807, 2.05) is 42.5 Å². The monoisotopic (exact) mass is 562 g/mol. The molecule has 1 aliphatic heterocycles. The first kappa shape index (κ1) is 26.3. The molecule has 7 nitrogen and oxygen atoms in total. The molecule has 1 saturated heterocycles. The summed E-state index contributed by atoms with van der Waals surface area (Å²) in [5, 5.41) is 9.69. The molecule has 0 aromatic heterocycles. The van der Waals surface area contributed by atoms with Gasteiger partial charge in [0.25, 0.3) is 5.91 Å². The average molecular weight is 563 g/mol. The van der Waals surface area contributed by atoms with Crippen LogP contribution in [0.5, 0.6) is 0 Å². The first-order valence-electron chi connectivity index (χ1n) is 12.1. The summed E-state index contributed by atoms with van der Waals surface area (Å²) in [6, 6.07) is 23.8. The predicted octanol–water partition coefficient (Wildman–Crippen LogP) is 4.76. The summed E-state index contributed by atoms with van der Waals surface area (Å²) in [7, 11) is 0. The molecule has 0 aliphatic carbocycles. The van der Waals surface area contributed by atoms with Crippen molar-refractivity contribution >= 4 is 39.5 Å². The predicted molar refractivity (Wildman–Crippen MR) is 143 cm³/mol. The van der Waals surface area contributed by atoms with Gasteiger partial charge in [-0.2, -0.15) is 0 Å². The van der Waals surface area contributed by atoms with Gasteiger partial charge in [0.15, 0.2) is 5.78 Å². The van der Waals surface area contributed by atoms with Gasteiger partial charge in [0.05, 0.1) is 5.92 Å². The minimum atomic E-state index is -1.17. The number of rotatable bonds is 8. The van der Waals surface area contributed by atoms with E-state index in [-0.39, 0.29) is 30.4 Å². The number of carboxylic acid groups (broad SMARTS) is 1. The van der Waals surface area contributed by atoms with Gasteiger partial charge in [-0.1, -0.05) is 70.5 Å². The van der Waals surface area contributed by atoms with Crippen LogP contribution in [0.15, 0.2) is 83.3 Å². The number of ketones is 1. The van der Waals surface area contributed by atoms with Crippen LogP contribution in [-0.2, 0) is 9.59 Å². The summed E-state index contributed by atoms with van der Waals surface area (Å²) < 4.78 is 0.972. The van der Waals surface area contributed by atoms with E-state index in [0.29, 0.717) is 37.3 Å². The zero-order chi connectivity index (χ0) is 26.4. The Hall–Kier alpha value is -3.78. The molecule has 0 spiro atoms. The standard InChI is InChI=1S/C29H27BrN2O5/c30-25-12-10-21(11-13-25)20-6-8-22(9-7-20)26(33)18-24(29(36)37)19-27(34)31-14-16-32(17-15-31)28(35)23-4-2-1-3-5-23/h1-13,24H,14-19H2,(H,36,37). The summed E-state index contributed by atoms with van der Waals surface area (Å²) in [5.41, 5.74) is 2.95. The molecule has 1 unspecified atom stereocenters. The zero-order valence-corrected chi connectivity index (χ0v) is 21.8. The van der Waals surface area contributed by atoms with Gasteiger partial charge in [0.1, 0.15) is 0 Å². The highest BCUT2D eigenvalue weighted by Gasteiger charge is 2.30. The van der Waals surface area contributed by atoms with Crippen LogP contribution in [0.1, 0.15) is 33.6 Å². The van der Waals surface area contributed by atoms with Crippen molar-refractivity contribution < 1.29 is 24.3 Å². The molecule has 37 heavy (non-hydrogen) atoms. The number of carbonyl (C=O) groups excluding carboxylic acids is 3. The molecule has 0 radical (unpaired) electrons. The molecular weight excluding hydrogens is 536 g/mol. The maximum atomic E-state index is 12.8. The molecule has 1 N–H and O–H groups in total. The summed E-state index contributed by atoms with van der Waals surface area (Å²) in [4.78, 5) is 53.4. The number of piperazine rings is 1. The normalized spacial score (nSPS) is 14.2. The average Bonchev–Trinajstić information content (AvgIpc) is 2.93. The molecule has 1 fully saturated rings. The molecule has 0 saturated carbocycles. The van der Waals surface area contributed by atoms with Gasteiger partial charge in [0, 0.05) is 54.6 Å². The third-order valence-electron chi connectivity index (χ3n) is 6.53. The van der Waals surface area contributed by atoms with Crippen molar-refractivity contribution in [2.75, 3.05) is 26.2 Å². The fourth-order valence-corrected chi connectivity index (χ4v) is 4.61. The molecule has 1 aliphatic rings. The first-order valence-corrected chi connectivity index (χ1v) is 12.8. The molecule has 0 bridgehead atoms. The maximum Gasteiger partial charge on any atom is 0.307 e. The number of benzene rings is 3. The van der Waals surface area contributed by atoms with Crippen molar-refractivity contribution in [2.45, 2.75) is 12.8 Å². The topological polar surface area (TPSA) is 95.0 Å². The minimum Gasteiger partial charge on any atom is -0.481 e. The molecule has 190 valence electrons. The molecular formula is C29H27BrN2O5. The number of carbonyl (C=O) groups is 4. The molecule has 2 amide bonds. The number of carboxylic acids is 1. The lowest BCUT2D eigenvalue weighted by atomic mass is 9.94. The van der Waals surface area contributed by atoms with Crippen molar-refractivity contribution in [3.05, 3.63) is 94.5 Å². The molecule has 8 heteroatoms. The van der Waals surface area contributed by atoms with Gasteiger partial charge in [-0.05, 0) is 35.4 Å². The fourth-order valence-electron chi connectivity index (χ4n) is 4.34. The van der Waals surface area contributed by atoms with Crippen LogP contribution < -0.4 is 0 Å². The first-order chi connectivity index (χ1) is 17.8. The summed E-state index contributed by atoms with van der Waals surface area (Å²) in [6.07, 6.45) is -0.518. The van der Waals surface area contributed by atoms with Crippen LogP contribution in [0.4, 0.5) is 0 Å². The molecule has 1 heterocycles. The Bertz CT molecular complexity index is 1270. The van der Waals surface area contributed by atoms with Gasteiger partial charge < -0.3 is 14.9 Å². The second-order valence-electron chi connectivity index (χ2n) is 8.99. The summed E-state index contributed by atoms with van der Waals surface area (Å²) in [6.45, 7) is 1.41. The van der Waals surface area contributed by atoms with Crippen LogP contribution in [-0.4, -0.2) is 64.7 Å². The van der Waals surface area contributed by atoms with E-state index in [0.717, 1.165) is 15.6 Å². The lowest BCUT2D eigenvalue weighted by molar-refractivity contribution is -0.146. The maximum absolute atomic E-state index is 12.8. The quantitative estimate of drug-likeness (QED) is 0.399. The lowest BCUT2D eigenvalue weighted by Crippen LogP contribution is -2.51. The van der Waals surface area contributed by atoms with Crippen LogP contribution in [0.3, 0.4) is 0 Å². The third-order valence-corrected chi connectivity index (χ3v) is 7.06. The molecule has 4 rings (SSSR count). The molecule has 3 aromatic carbocycles. The van der Waals surface area contributed by atoms with E-state index in [1.165, 1.54) is 0 Å². The van der Waals surface area contributed by atoms with Crippen molar-refractivity contribution in [1.82, 2.24) is 9.80 Å². The highest BCUT2D eigenvalue weighted by molar-refractivity contribution is 9.10. The van der Waals surface area contributed by atoms with Crippen molar-refractivity contribution in [3.63, 3.8) is 0 Å². The number of hydrogen-bond acceptors (Lipinski definition) is 4. The smallest absolute Gasteiger partial charge is 0.307 e. The Morgan fingerprint density at radius 2 is 1.24 bits per heavy atom. The van der Waals surface area contributed by atoms with Crippen molar-refractivity contribution in [3.8, 4) is 11.1 Å². The van der Waals surface area contributed by atoms with E-state index in [1.54, 1.807) is 46.2 Å². The van der Waals surface area contributed by atoms with Crippen LogP contribution >= 0.6 is 15.9 Å². The number of nitrogens with zero attached hydrogens (tertiary/aromatic N) is 2. The third kappa shape index (κ3) is 6.71.